The fraction of sp³-hybridized carbons (Fsp3) is 0.389. The number of thioether (sulfide) groups is 1. The molecule has 0 saturated heterocycles. The van der Waals surface area contributed by atoms with Gasteiger partial charge in [0.15, 0.2) is 0 Å². The Morgan fingerprint density at radius 3 is 2.76 bits per heavy atom. The van der Waals surface area contributed by atoms with Crippen molar-refractivity contribution in [2.24, 2.45) is 0 Å². The SMILES string of the molecule is CCCCC(=O)NC(Cc1c[nH]c2ccccc12)C(=O)SCC(=O)O. The van der Waals surface area contributed by atoms with Crippen molar-refractivity contribution in [1.29, 1.82) is 0 Å². The van der Waals surface area contributed by atoms with Gasteiger partial charge in [-0.25, -0.2) is 0 Å². The Balaban J connectivity index is 2.13. The first-order valence-electron chi connectivity index (χ1n) is 8.24. The van der Waals surface area contributed by atoms with Crippen LogP contribution in [0.3, 0.4) is 0 Å². The van der Waals surface area contributed by atoms with Gasteiger partial charge in [0.05, 0.1) is 5.75 Å². The van der Waals surface area contributed by atoms with Crippen LogP contribution in [0.2, 0.25) is 0 Å². The van der Waals surface area contributed by atoms with Crippen molar-refractivity contribution in [1.82, 2.24) is 10.3 Å². The highest BCUT2D eigenvalue weighted by atomic mass is 32.2. The number of aromatic nitrogens is 1. The van der Waals surface area contributed by atoms with Crippen molar-refractivity contribution in [3.8, 4) is 0 Å². The molecule has 134 valence electrons. The van der Waals surface area contributed by atoms with Crippen LogP contribution < -0.4 is 5.32 Å². The van der Waals surface area contributed by atoms with Crippen molar-refractivity contribution in [2.45, 2.75) is 38.6 Å². The Morgan fingerprint density at radius 1 is 1.28 bits per heavy atom. The predicted octanol–water partition coefficient (Wildman–Crippen LogP) is 2.73. The molecule has 0 aliphatic rings. The molecule has 3 N–H and O–H groups in total. The number of H-pyrrole nitrogens is 1. The lowest BCUT2D eigenvalue weighted by molar-refractivity contribution is -0.134. The van der Waals surface area contributed by atoms with Gasteiger partial charge in [0.2, 0.25) is 11.0 Å². The molecule has 2 rings (SSSR count). The highest BCUT2D eigenvalue weighted by molar-refractivity contribution is 8.14. The second-order valence-corrected chi connectivity index (χ2v) is 6.77. The molecular formula is C18H22N2O4S. The van der Waals surface area contributed by atoms with Crippen LogP contribution in [0.5, 0.6) is 0 Å². The molecule has 0 aliphatic carbocycles. The molecule has 2 aromatic rings. The van der Waals surface area contributed by atoms with Crippen LogP contribution in [-0.4, -0.2) is 38.9 Å². The Bertz CT molecular complexity index is 756. The van der Waals surface area contributed by atoms with Gasteiger partial charge in [-0.05, 0) is 18.1 Å². The predicted molar refractivity (Wildman–Crippen MR) is 98.6 cm³/mol. The van der Waals surface area contributed by atoms with Crippen LogP contribution in [0.25, 0.3) is 10.9 Å². The van der Waals surface area contributed by atoms with Crippen molar-refractivity contribution in [3.63, 3.8) is 0 Å². The summed E-state index contributed by atoms with van der Waals surface area (Å²) in [5.41, 5.74) is 1.87. The number of hydrogen-bond donors (Lipinski definition) is 3. The fourth-order valence-electron chi connectivity index (χ4n) is 2.55. The van der Waals surface area contributed by atoms with Crippen LogP contribution in [0.4, 0.5) is 0 Å². The molecular weight excluding hydrogens is 340 g/mol. The Kier molecular flexibility index (Phi) is 7.06. The maximum atomic E-state index is 12.4. The zero-order chi connectivity index (χ0) is 18.2. The van der Waals surface area contributed by atoms with E-state index in [1.807, 2.05) is 37.4 Å². The molecule has 0 aliphatic heterocycles. The summed E-state index contributed by atoms with van der Waals surface area (Å²) in [7, 11) is 0. The van der Waals surface area contributed by atoms with E-state index < -0.39 is 12.0 Å². The number of hydrogen-bond acceptors (Lipinski definition) is 4. The smallest absolute Gasteiger partial charge is 0.313 e. The Hall–Kier alpha value is -2.28. The van der Waals surface area contributed by atoms with E-state index in [2.05, 4.69) is 10.3 Å². The molecule has 1 aromatic carbocycles. The van der Waals surface area contributed by atoms with E-state index in [1.165, 1.54) is 0 Å². The molecule has 1 atom stereocenters. The van der Waals surface area contributed by atoms with Gasteiger partial charge < -0.3 is 15.4 Å². The van der Waals surface area contributed by atoms with Crippen molar-refractivity contribution < 1.29 is 19.5 Å². The van der Waals surface area contributed by atoms with Gasteiger partial charge in [0, 0.05) is 29.9 Å². The number of amides is 1. The number of fused-ring (bicyclic) bond motifs is 1. The minimum atomic E-state index is -1.05. The average Bonchev–Trinajstić information content (AvgIpc) is 3.00. The molecule has 0 fully saturated rings. The number of para-hydroxylation sites is 1. The quantitative estimate of drug-likeness (QED) is 0.637. The van der Waals surface area contributed by atoms with Crippen LogP contribution in [0.1, 0.15) is 31.7 Å². The molecule has 7 heteroatoms. The molecule has 0 saturated carbocycles. The summed E-state index contributed by atoms with van der Waals surface area (Å²) in [6.07, 6.45) is 4.15. The zero-order valence-corrected chi connectivity index (χ0v) is 14.9. The first-order chi connectivity index (χ1) is 12.0. The van der Waals surface area contributed by atoms with Crippen molar-refractivity contribution in [3.05, 3.63) is 36.0 Å². The molecule has 1 heterocycles. The summed E-state index contributed by atoms with van der Waals surface area (Å²) >= 11 is 0.722. The van der Waals surface area contributed by atoms with Gasteiger partial charge in [-0.1, -0.05) is 43.3 Å². The molecule has 0 bridgehead atoms. The van der Waals surface area contributed by atoms with Crippen LogP contribution in [0, 0.1) is 0 Å². The topological polar surface area (TPSA) is 99.3 Å². The van der Waals surface area contributed by atoms with Gasteiger partial charge in [0.1, 0.15) is 6.04 Å². The van der Waals surface area contributed by atoms with Crippen LogP contribution in [-0.2, 0) is 20.8 Å². The van der Waals surface area contributed by atoms with Gasteiger partial charge in [-0.3, -0.25) is 14.4 Å². The Morgan fingerprint density at radius 2 is 2.04 bits per heavy atom. The minimum Gasteiger partial charge on any atom is -0.481 e. The number of nitrogens with one attached hydrogen (secondary N) is 2. The second kappa shape index (κ2) is 9.27. The maximum Gasteiger partial charge on any atom is 0.313 e. The average molecular weight is 362 g/mol. The molecule has 6 nitrogen and oxygen atoms in total. The van der Waals surface area contributed by atoms with Gasteiger partial charge in [-0.2, -0.15) is 0 Å². The van der Waals surface area contributed by atoms with Crippen molar-refractivity contribution >= 4 is 39.7 Å². The van der Waals surface area contributed by atoms with E-state index in [0.29, 0.717) is 12.8 Å². The largest absolute Gasteiger partial charge is 0.481 e. The highest BCUT2D eigenvalue weighted by Gasteiger charge is 2.23. The lowest BCUT2D eigenvalue weighted by atomic mass is 10.1. The van der Waals surface area contributed by atoms with Crippen molar-refractivity contribution in [2.75, 3.05) is 5.75 Å². The fourth-order valence-corrected chi connectivity index (χ4v) is 3.16. The van der Waals surface area contributed by atoms with Gasteiger partial charge in [-0.15, -0.1) is 0 Å². The number of carboxylic acid groups (broad SMARTS) is 1. The normalized spacial score (nSPS) is 12.0. The number of unbranched alkanes of at least 4 members (excludes halogenated alkanes) is 1. The first-order valence-corrected chi connectivity index (χ1v) is 9.22. The molecule has 25 heavy (non-hydrogen) atoms. The lowest BCUT2D eigenvalue weighted by Crippen LogP contribution is -2.41. The summed E-state index contributed by atoms with van der Waals surface area (Å²) in [4.78, 5) is 38.3. The molecule has 0 radical (unpaired) electrons. The third-order valence-electron chi connectivity index (χ3n) is 3.81. The monoisotopic (exact) mass is 362 g/mol. The van der Waals surface area contributed by atoms with E-state index in [-0.39, 0.29) is 16.8 Å². The summed E-state index contributed by atoms with van der Waals surface area (Å²) in [5.74, 6) is -1.55. The number of carboxylic acids is 1. The van der Waals surface area contributed by atoms with E-state index >= 15 is 0 Å². The molecule has 0 spiro atoms. The number of aromatic amines is 1. The number of benzene rings is 1. The molecule has 1 unspecified atom stereocenters. The van der Waals surface area contributed by atoms with E-state index in [4.69, 9.17) is 5.11 Å². The van der Waals surface area contributed by atoms with Crippen LogP contribution in [0.15, 0.2) is 30.5 Å². The number of aliphatic carboxylic acids is 1. The zero-order valence-electron chi connectivity index (χ0n) is 14.1. The summed E-state index contributed by atoms with van der Waals surface area (Å²) in [6.45, 7) is 1.99. The number of carbonyl (C=O) groups excluding carboxylic acids is 2. The third-order valence-corrected chi connectivity index (χ3v) is 4.77. The van der Waals surface area contributed by atoms with Crippen LogP contribution >= 0.6 is 11.8 Å². The Labute approximate surface area is 150 Å². The van der Waals surface area contributed by atoms with E-state index in [9.17, 15) is 14.4 Å². The number of carbonyl (C=O) groups is 3. The third kappa shape index (κ3) is 5.63. The number of rotatable bonds is 9. The van der Waals surface area contributed by atoms with Gasteiger partial charge >= 0.3 is 5.97 Å². The summed E-state index contributed by atoms with van der Waals surface area (Å²) in [6, 6.07) is 6.98. The lowest BCUT2D eigenvalue weighted by Gasteiger charge is -2.17. The standard InChI is InChI=1S/C18H22N2O4S/c1-2-3-8-16(21)20-15(18(24)25-11-17(22)23)9-12-10-19-14-7-5-4-6-13(12)14/h4-7,10,15,19H,2-3,8-9,11H2,1H3,(H,20,21)(H,22,23). The summed E-state index contributed by atoms with van der Waals surface area (Å²) < 4.78 is 0. The molecule has 1 amide bonds. The highest BCUT2D eigenvalue weighted by Crippen LogP contribution is 2.20. The van der Waals surface area contributed by atoms with E-state index in [0.717, 1.165) is 41.1 Å². The summed E-state index contributed by atoms with van der Waals surface area (Å²) in [5, 5.41) is 12.2. The van der Waals surface area contributed by atoms with Gasteiger partial charge in [0.25, 0.3) is 0 Å². The first kappa shape index (κ1) is 19.1. The minimum absolute atomic E-state index is 0.184. The molecule has 1 aromatic heterocycles. The van der Waals surface area contributed by atoms with E-state index in [1.54, 1.807) is 0 Å². The second-order valence-electron chi connectivity index (χ2n) is 5.79. The maximum absolute atomic E-state index is 12.4.